The number of para-hydroxylation sites is 1. The third-order valence-corrected chi connectivity index (χ3v) is 2.52. The first-order valence-electron chi connectivity index (χ1n) is 5.79. The van der Waals surface area contributed by atoms with E-state index in [2.05, 4.69) is 10.6 Å². The van der Waals surface area contributed by atoms with E-state index in [0.29, 0.717) is 5.69 Å². The first kappa shape index (κ1) is 13.9. The molecule has 0 aliphatic heterocycles. The van der Waals surface area contributed by atoms with Crippen LogP contribution in [0.25, 0.3) is 0 Å². The fraction of sp³-hybridized carbons (Fsp3) is 0.0714. The molecule has 2 N–H and O–H groups in total. The monoisotopic (exact) mass is 280 g/mol. The molecule has 0 bridgehead atoms. The van der Waals surface area contributed by atoms with Crippen molar-refractivity contribution in [3.63, 3.8) is 0 Å². The van der Waals surface area contributed by atoms with Crippen molar-refractivity contribution in [3.05, 3.63) is 59.9 Å². The Hall–Kier alpha value is -2.50. The molecule has 0 spiro atoms. The first-order valence-corrected chi connectivity index (χ1v) is 5.79. The summed E-state index contributed by atoms with van der Waals surface area (Å²) in [6.07, 6.45) is 0. The standard InChI is InChI=1S/C14H11F3N2O/c15-9-4-6-10(7-5-9)19-13(20)8-18-14-11(16)2-1-3-12(14)17/h1-7,18H,8H2,(H,19,20). The number of nitrogens with one attached hydrogen (secondary N) is 2. The fourth-order valence-electron chi connectivity index (χ4n) is 1.57. The quantitative estimate of drug-likeness (QED) is 0.903. The van der Waals surface area contributed by atoms with Gasteiger partial charge in [0, 0.05) is 5.69 Å². The molecule has 0 aliphatic rings. The molecule has 1 amide bonds. The van der Waals surface area contributed by atoms with E-state index < -0.39 is 23.4 Å². The maximum Gasteiger partial charge on any atom is 0.243 e. The summed E-state index contributed by atoms with van der Waals surface area (Å²) < 4.78 is 39.3. The van der Waals surface area contributed by atoms with Gasteiger partial charge in [0.2, 0.25) is 5.91 Å². The molecule has 2 aromatic carbocycles. The summed E-state index contributed by atoms with van der Waals surface area (Å²) in [6.45, 7) is -0.310. The number of benzene rings is 2. The van der Waals surface area contributed by atoms with E-state index in [9.17, 15) is 18.0 Å². The van der Waals surface area contributed by atoms with Crippen LogP contribution in [0.3, 0.4) is 0 Å². The topological polar surface area (TPSA) is 41.1 Å². The number of amides is 1. The normalized spacial score (nSPS) is 10.2. The van der Waals surface area contributed by atoms with E-state index in [4.69, 9.17) is 0 Å². The SMILES string of the molecule is O=C(CNc1c(F)cccc1F)Nc1ccc(F)cc1. The molecular weight excluding hydrogens is 269 g/mol. The van der Waals surface area contributed by atoms with E-state index in [-0.39, 0.29) is 12.2 Å². The van der Waals surface area contributed by atoms with Gasteiger partial charge in [-0.25, -0.2) is 13.2 Å². The lowest BCUT2D eigenvalue weighted by Gasteiger charge is -2.09. The summed E-state index contributed by atoms with van der Waals surface area (Å²) >= 11 is 0. The molecule has 0 fully saturated rings. The maximum atomic E-state index is 13.3. The molecule has 3 nitrogen and oxygen atoms in total. The fourth-order valence-corrected chi connectivity index (χ4v) is 1.57. The van der Waals surface area contributed by atoms with Crippen molar-refractivity contribution in [3.8, 4) is 0 Å². The van der Waals surface area contributed by atoms with Gasteiger partial charge < -0.3 is 10.6 Å². The van der Waals surface area contributed by atoms with Gasteiger partial charge in [0.05, 0.1) is 6.54 Å². The molecule has 0 saturated carbocycles. The van der Waals surface area contributed by atoms with Crippen molar-refractivity contribution in [2.24, 2.45) is 0 Å². The molecule has 20 heavy (non-hydrogen) atoms. The second-order valence-corrected chi connectivity index (χ2v) is 4.01. The van der Waals surface area contributed by atoms with Gasteiger partial charge in [0.1, 0.15) is 23.1 Å². The predicted octanol–water partition coefficient (Wildman–Crippen LogP) is 3.15. The minimum atomic E-state index is -0.778. The van der Waals surface area contributed by atoms with Gasteiger partial charge in [-0.05, 0) is 36.4 Å². The zero-order chi connectivity index (χ0) is 14.5. The molecule has 2 rings (SSSR count). The Morgan fingerprint density at radius 2 is 1.55 bits per heavy atom. The van der Waals surface area contributed by atoms with Gasteiger partial charge in [-0.1, -0.05) is 6.07 Å². The number of halogens is 3. The highest BCUT2D eigenvalue weighted by atomic mass is 19.1. The average Bonchev–Trinajstić information content (AvgIpc) is 2.41. The van der Waals surface area contributed by atoms with E-state index in [0.717, 1.165) is 12.1 Å². The van der Waals surface area contributed by atoms with Crippen molar-refractivity contribution >= 4 is 17.3 Å². The van der Waals surface area contributed by atoms with Crippen LogP contribution in [0.2, 0.25) is 0 Å². The Morgan fingerprint density at radius 3 is 2.15 bits per heavy atom. The summed E-state index contributed by atoms with van der Waals surface area (Å²) in [5.74, 6) is -2.48. The molecule has 0 aliphatic carbocycles. The van der Waals surface area contributed by atoms with Gasteiger partial charge in [-0.15, -0.1) is 0 Å². The Bertz CT molecular complexity index is 594. The lowest BCUT2D eigenvalue weighted by atomic mass is 10.3. The van der Waals surface area contributed by atoms with Gasteiger partial charge in [-0.3, -0.25) is 4.79 Å². The predicted molar refractivity (Wildman–Crippen MR) is 69.9 cm³/mol. The number of hydrogen-bond donors (Lipinski definition) is 2. The van der Waals surface area contributed by atoms with E-state index in [1.807, 2.05) is 0 Å². The number of rotatable bonds is 4. The van der Waals surface area contributed by atoms with E-state index in [1.165, 1.54) is 30.3 Å². The van der Waals surface area contributed by atoms with Gasteiger partial charge >= 0.3 is 0 Å². The number of hydrogen-bond acceptors (Lipinski definition) is 2. The third kappa shape index (κ3) is 3.50. The van der Waals surface area contributed by atoms with Crippen molar-refractivity contribution in [2.45, 2.75) is 0 Å². The van der Waals surface area contributed by atoms with Crippen molar-refractivity contribution in [1.29, 1.82) is 0 Å². The van der Waals surface area contributed by atoms with Crippen LogP contribution >= 0.6 is 0 Å². The van der Waals surface area contributed by atoms with E-state index in [1.54, 1.807) is 0 Å². The smallest absolute Gasteiger partial charge is 0.243 e. The van der Waals surface area contributed by atoms with Crippen LogP contribution in [0.5, 0.6) is 0 Å². The molecule has 0 radical (unpaired) electrons. The molecule has 0 aromatic heterocycles. The summed E-state index contributed by atoms with van der Waals surface area (Å²) in [4.78, 5) is 11.6. The first-order chi connectivity index (χ1) is 9.56. The zero-order valence-corrected chi connectivity index (χ0v) is 10.3. The van der Waals surface area contributed by atoms with Gasteiger partial charge in [-0.2, -0.15) is 0 Å². The maximum absolute atomic E-state index is 13.3. The van der Waals surface area contributed by atoms with Crippen molar-refractivity contribution < 1.29 is 18.0 Å². The molecule has 0 heterocycles. The minimum absolute atomic E-state index is 0.310. The number of carbonyl (C=O) groups is 1. The Balaban J connectivity index is 1.94. The lowest BCUT2D eigenvalue weighted by Crippen LogP contribution is -2.22. The van der Waals surface area contributed by atoms with E-state index >= 15 is 0 Å². The van der Waals surface area contributed by atoms with Crippen LogP contribution in [-0.2, 0) is 4.79 Å². The largest absolute Gasteiger partial charge is 0.371 e. The van der Waals surface area contributed by atoms with Crippen molar-refractivity contribution in [2.75, 3.05) is 17.2 Å². The van der Waals surface area contributed by atoms with Crippen LogP contribution in [0.15, 0.2) is 42.5 Å². The molecule has 104 valence electrons. The zero-order valence-electron chi connectivity index (χ0n) is 10.3. The lowest BCUT2D eigenvalue weighted by molar-refractivity contribution is -0.114. The highest BCUT2D eigenvalue weighted by molar-refractivity contribution is 5.93. The third-order valence-electron chi connectivity index (χ3n) is 2.52. The summed E-state index contributed by atoms with van der Waals surface area (Å²) in [6, 6.07) is 8.56. The van der Waals surface area contributed by atoms with Crippen molar-refractivity contribution in [1.82, 2.24) is 0 Å². The van der Waals surface area contributed by atoms with Crippen LogP contribution < -0.4 is 10.6 Å². The molecular formula is C14H11F3N2O. The number of carbonyl (C=O) groups excluding carboxylic acids is 1. The average molecular weight is 280 g/mol. The Kier molecular flexibility index (Phi) is 4.24. The minimum Gasteiger partial charge on any atom is -0.371 e. The molecule has 0 atom stereocenters. The van der Waals surface area contributed by atoms with Crippen LogP contribution in [0, 0.1) is 17.5 Å². The van der Waals surface area contributed by atoms with Gasteiger partial charge in [0.15, 0.2) is 0 Å². The second kappa shape index (κ2) is 6.10. The van der Waals surface area contributed by atoms with Crippen LogP contribution in [0.1, 0.15) is 0 Å². The molecule has 2 aromatic rings. The molecule has 6 heteroatoms. The Morgan fingerprint density at radius 1 is 0.950 bits per heavy atom. The summed E-state index contributed by atoms with van der Waals surface area (Å²) in [5.41, 5.74) is 0.0361. The summed E-state index contributed by atoms with van der Waals surface area (Å²) in [5, 5.41) is 4.84. The Labute approximate surface area is 113 Å². The molecule has 0 saturated heterocycles. The number of anilines is 2. The highest BCUT2D eigenvalue weighted by Gasteiger charge is 2.09. The highest BCUT2D eigenvalue weighted by Crippen LogP contribution is 2.17. The molecule has 0 unspecified atom stereocenters. The van der Waals surface area contributed by atoms with Crippen LogP contribution in [0.4, 0.5) is 24.5 Å². The summed E-state index contributed by atoms with van der Waals surface area (Å²) in [7, 11) is 0. The van der Waals surface area contributed by atoms with Gasteiger partial charge in [0.25, 0.3) is 0 Å². The van der Waals surface area contributed by atoms with Crippen LogP contribution in [-0.4, -0.2) is 12.5 Å². The second-order valence-electron chi connectivity index (χ2n) is 4.01.